The quantitative estimate of drug-likeness (QED) is 0.767. The van der Waals surface area contributed by atoms with Gasteiger partial charge in [-0.15, -0.1) is 0 Å². The Kier molecular flexibility index (Phi) is 7.03. The number of ether oxygens (including phenoxy) is 1. The molecule has 0 saturated carbocycles. The van der Waals surface area contributed by atoms with Gasteiger partial charge in [0.15, 0.2) is 0 Å². The Morgan fingerprint density at radius 2 is 2.00 bits per heavy atom. The summed E-state index contributed by atoms with van der Waals surface area (Å²) in [5.41, 5.74) is -0.572. The van der Waals surface area contributed by atoms with E-state index in [2.05, 4.69) is 5.32 Å². The van der Waals surface area contributed by atoms with Gasteiger partial charge < -0.3 is 15.2 Å². The van der Waals surface area contributed by atoms with Crippen LogP contribution in [0.3, 0.4) is 0 Å². The van der Waals surface area contributed by atoms with Crippen molar-refractivity contribution in [2.24, 2.45) is 0 Å². The van der Waals surface area contributed by atoms with Crippen LogP contribution in [-0.2, 0) is 9.53 Å². The number of aliphatic carboxylic acids is 1. The molecule has 0 aliphatic rings. The summed E-state index contributed by atoms with van der Waals surface area (Å²) in [6.07, 6.45) is 1.91. The van der Waals surface area contributed by atoms with E-state index < -0.39 is 17.7 Å². The van der Waals surface area contributed by atoms with E-state index in [1.807, 2.05) is 6.26 Å². The molecule has 0 unspecified atom stereocenters. The number of rotatable bonds is 6. The first-order chi connectivity index (χ1) is 7.74. The smallest absolute Gasteiger partial charge is 0.407 e. The highest BCUT2D eigenvalue weighted by molar-refractivity contribution is 7.98. The number of thioether (sulfide) groups is 1. The van der Waals surface area contributed by atoms with E-state index in [0.29, 0.717) is 6.42 Å². The highest BCUT2D eigenvalue weighted by Crippen LogP contribution is 2.09. The molecule has 0 fully saturated rings. The maximum Gasteiger partial charge on any atom is 0.407 e. The summed E-state index contributed by atoms with van der Waals surface area (Å²) in [6.45, 7) is 5.29. The molecule has 100 valence electrons. The number of nitrogens with one attached hydrogen (secondary N) is 1. The van der Waals surface area contributed by atoms with Crippen LogP contribution < -0.4 is 5.32 Å². The van der Waals surface area contributed by atoms with Gasteiger partial charge in [-0.25, -0.2) is 4.79 Å². The van der Waals surface area contributed by atoms with Gasteiger partial charge in [0.2, 0.25) is 0 Å². The number of carboxylic acids is 1. The summed E-state index contributed by atoms with van der Waals surface area (Å²) < 4.78 is 5.08. The molecule has 0 heterocycles. The van der Waals surface area contributed by atoms with Crippen LogP contribution in [0.25, 0.3) is 0 Å². The van der Waals surface area contributed by atoms with Crippen LogP contribution in [0, 0.1) is 0 Å². The molecule has 0 spiro atoms. The zero-order valence-corrected chi connectivity index (χ0v) is 11.6. The third-order valence-corrected chi connectivity index (χ3v) is 2.46. The van der Waals surface area contributed by atoms with Crippen molar-refractivity contribution in [3.8, 4) is 0 Å². The molecule has 6 heteroatoms. The fraction of sp³-hybridized carbons (Fsp3) is 0.818. The SMILES string of the molecule is CSCC[C@@H](CC(=O)O)NC(=O)OC(C)(C)C. The van der Waals surface area contributed by atoms with Crippen LogP contribution in [0.1, 0.15) is 33.6 Å². The zero-order chi connectivity index (χ0) is 13.5. The van der Waals surface area contributed by atoms with Crippen molar-refractivity contribution >= 4 is 23.8 Å². The molecule has 0 aromatic carbocycles. The second-order valence-corrected chi connectivity index (χ2v) is 5.71. The maximum absolute atomic E-state index is 11.5. The molecule has 1 amide bonds. The molecule has 0 bridgehead atoms. The largest absolute Gasteiger partial charge is 0.481 e. The lowest BCUT2D eigenvalue weighted by molar-refractivity contribution is -0.137. The Morgan fingerprint density at radius 1 is 1.41 bits per heavy atom. The Labute approximate surface area is 106 Å². The fourth-order valence-corrected chi connectivity index (χ4v) is 1.69. The third kappa shape index (κ3) is 9.99. The van der Waals surface area contributed by atoms with Crippen molar-refractivity contribution in [1.82, 2.24) is 5.32 Å². The van der Waals surface area contributed by atoms with Gasteiger partial charge in [0, 0.05) is 6.04 Å². The lowest BCUT2D eigenvalue weighted by Crippen LogP contribution is -2.40. The van der Waals surface area contributed by atoms with Gasteiger partial charge in [-0.2, -0.15) is 11.8 Å². The van der Waals surface area contributed by atoms with Gasteiger partial charge in [0.1, 0.15) is 5.60 Å². The van der Waals surface area contributed by atoms with Crippen molar-refractivity contribution in [3.05, 3.63) is 0 Å². The van der Waals surface area contributed by atoms with Crippen LogP contribution in [0.15, 0.2) is 0 Å². The van der Waals surface area contributed by atoms with E-state index in [0.717, 1.165) is 5.75 Å². The molecule has 0 aromatic heterocycles. The van der Waals surface area contributed by atoms with Crippen molar-refractivity contribution in [1.29, 1.82) is 0 Å². The second kappa shape index (κ2) is 7.42. The lowest BCUT2D eigenvalue weighted by Gasteiger charge is -2.22. The normalized spacial score (nSPS) is 12.9. The number of alkyl carbamates (subject to hydrolysis) is 1. The monoisotopic (exact) mass is 263 g/mol. The highest BCUT2D eigenvalue weighted by Gasteiger charge is 2.20. The second-order valence-electron chi connectivity index (χ2n) is 4.72. The number of hydrogen-bond acceptors (Lipinski definition) is 4. The van der Waals surface area contributed by atoms with Crippen LogP contribution in [-0.4, -0.2) is 40.8 Å². The third-order valence-electron chi connectivity index (χ3n) is 1.81. The van der Waals surface area contributed by atoms with Crippen molar-refractivity contribution in [3.63, 3.8) is 0 Å². The van der Waals surface area contributed by atoms with Gasteiger partial charge in [-0.1, -0.05) is 0 Å². The van der Waals surface area contributed by atoms with Crippen molar-refractivity contribution in [2.75, 3.05) is 12.0 Å². The first-order valence-electron chi connectivity index (χ1n) is 5.45. The van der Waals surface area contributed by atoms with Gasteiger partial charge in [0.25, 0.3) is 0 Å². The average Bonchev–Trinajstić information content (AvgIpc) is 2.09. The summed E-state index contributed by atoms with van der Waals surface area (Å²) in [7, 11) is 0. The average molecular weight is 263 g/mol. The molecule has 0 aliphatic carbocycles. The molecule has 0 aromatic rings. The molecule has 17 heavy (non-hydrogen) atoms. The molecule has 0 radical (unpaired) electrons. The Balaban J connectivity index is 4.21. The minimum atomic E-state index is -0.924. The summed E-state index contributed by atoms with van der Waals surface area (Å²) in [5, 5.41) is 11.3. The number of hydrogen-bond donors (Lipinski definition) is 2. The molecule has 1 atom stereocenters. The van der Waals surface area contributed by atoms with E-state index in [1.165, 1.54) is 0 Å². The van der Waals surface area contributed by atoms with Gasteiger partial charge in [0.05, 0.1) is 6.42 Å². The maximum atomic E-state index is 11.5. The molecular weight excluding hydrogens is 242 g/mol. The van der Waals surface area contributed by atoms with Crippen molar-refractivity contribution in [2.45, 2.75) is 45.3 Å². The standard InChI is InChI=1S/C11H21NO4S/c1-11(2,3)16-10(15)12-8(5-6-17-4)7-9(13)14/h8H,5-7H2,1-4H3,(H,12,15)(H,13,14)/t8-/m0/s1. The first kappa shape index (κ1) is 16.1. The first-order valence-corrected chi connectivity index (χ1v) is 6.84. The van der Waals surface area contributed by atoms with E-state index >= 15 is 0 Å². The topological polar surface area (TPSA) is 75.6 Å². The predicted molar refractivity (Wildman–Crippen MR) is 68.4 cm³/mol. The van der Waals surface area contributed by atoms with E-state index in [9.17, 15) is 9.59 Å². The van der Waals surface area contributed by atoms with E-state index in [4.69, 9.17) is 9.84 Å². The molecule has 0 rings (SSSR count). The zero-order valence-electron chi connectivity index (χ0n) is 10.8. The van der Waals surface area contributed by atoms with Crippen LogP contribution in [0.4, 0.5) is 4.79 Å². The summed E-state index contributed by atoms with van der Waals surface area (Å²) in [6, 6.07) is -0.380. The fourth-order valence-electron chi connectivity index (χ4n) is 1.17. The Morgan fingerprint density at radius 3 is 2.41 bits per heavy atom. The van der Waals surface area contributed by atoms with E-state index in [-0.39, 0.29) is 12.5 Å². The number of carbonyl (C=O) groups is 2. The van der Waals surface area contributed by atoms with Gasteiger partial charge in [-0.05, 0) is 39.2 Å². The number of carboxylic acid groups (broad SMARTS) is 1. The summed E-state index contributed by atoms with van der Waals surface area (Å²) in [5.74, 6) is -0.125. The highest BCUT2D eigenvalue weighted by atomic mass is 32.2. The molecule has 0 saturated heterocycles. The predicted octanol–water partition coefficient (Wildman–Crippen LogP) is 2.11. The molecule has 5 nitrogen and oxygen atoms in total. The minimum absolute atomic E-state index is 0.0835. The van der Waals surface area contributed by atoms with Crippen LogP contribution in [0.5, 0.6) is 0 Å². The number of amides is 1. The van der Waals surface area contributed by atoms with Crippen molar-refractivity contribution < 1.29 is 19.4 Å². The Hall–Kier alpha value is -0.910. The number of carbonyl (C=O) groups excluding carboxylic acids is 1. The van der Waals surface area contributed by atoms with Gasteiger partial charge >= 0.3 is 12.1 Å². The summed E-state index contributed by atoms with van der Waals surface area (Å²) >= 11 is 1.61. The minimum Gasteiger partial charge on any atom is -0.481 e. The summed E-state index contributed by atoms with van der Waals surface area (Å²) in [4.78, 5) is 22.1. The van der Waals surface area contributed by atoms with Crippen LogP contribution in [0.2, 0.25) is 0 Å². The van der Waals surface area contributed by atoms with Gasteiger partial charge in [-0.3, -0.25) is 4.79 Å². The lowest BCUT2D eigenvalue weighted by atomic mass is 10.1. The molecule has 2 N–H and O–H groups in total. The van der Waals surface area contributed by atoms with Crippen LogP contribution >= 0.6 is 11.8 Å². The van der Waals surface area contributed by atoms with E-state index in [1.54, 1.807) is 32.5 Å². The molecular formula is C11H21NO4S. The Bertz CT molecular complexity index is 263. The molecule has 0 aliphatic heterocycles.